The maximum Gasteiger partial charge on any atom is 0.354 e. The van der Waals surface area contributed by atoms with Crippen molar-refractivity contribution in [2.75, 3.05) is 34.3 Å². The highest BCUT2D eigenvalue weighted by atomic mass is 16.5. The number of Topliss-reactive ketones (excluding diaryl/α,β-unsaturated/α-hetero) is 1. The van der Waals surface area contributed by atoms with Gasteiger partial charge in [0.25, 0.3) is 5.91 Å². The van der Waals surface area contributed by atoms with Crippen molar-refractivity contribution < 1.29 is 33.5 Å². The number of aryl methyl sites for hydroxylation is 1. The van der Waals surface area contributed by atoms with Crippen molar-refractivity contribution in [1.82, 2.24) is 9.88 Å². The van der Waals surface area contributed by atoms with Gasteiger partial charge >= 0.3 is 5.97 Å². The first kappa shape index (κ1) is 22.4. The average Bonchev–Trinajstić information content (AvgIpc) is 3.40. The third kappa shape index (κ3) is 4.00. The molecule has 166 valence electrons. The van der Waals surface area contributed by atoms with Crippen LogP contribution in [0.15, 0.2) is 28.4 Å². The summed E-state index contributed by atoms with van der Waals surface area (Å²) in [6.45, 7) is 4.35. The molecule has 0 bridgehead atoms. The summed E-state index contributed by atoms with van der Waals surface area (Å²) in [5, 5.41) is 13.5. The van der Waals surface area contributed by atoms with Gasteiger partial charge in [-0.3, -0.25) is 9.59 Å². The number of rotatable bonds is 7. The van der Waals surface area contributed by atoms with Gasteiger partial charge in [0.1, 0.15) is 17.5 Å². The number of carbonyl (C=O) groups excluding carboxylic acids is 3. The summed E-state index contributed by atoms with van der Waals surface area (Å²) in [4.78, 5) is 43.3. The number of aromatic nitrogens is 1. The number of amides is 1. The minimum atomic E-state index is -0.907. The van der Waals surface area contributed by atoms with Gasteiger partial charge < -0.3 is 29.0 Å². The molecule has 0 radical (unpaired) electrons. The highest BCUT2D eigenvalue weighted by molar-refractivity contribution is 6.46. The molecule has 3 heterocycles. The number of esters is 1. The van der Waals surface area contributed by atoms with E-state index >= 15 is 0 Å². The first-order valence-corrected chi connectivity index (χ1v) is 10.1. The second kappa shape index (κ2) is 8.81. The van der Waals surface area contributed by atoms with Crippen molar-refractivity contribution in [2.24, 2.45) is 0 Å². The molecule has 1 fully saturated rings. The van der Waals surface area contributed by atoms with Gasteiger partial charge in [0.2, 0.25) is 5.78 Å². The largest absolute Gasteiger partial charge is 0.872 e. The maximum absolute atomic E-state index is 13.5. The summed E-state index contributed by atoms with van der Waals surface area (Å²) in [6, 6.07) is 2.38. The molecule has 2 aromatic heterocycles. The number of likely N-dealkylation sites (tertiary alicyclic amines) is 1. The zero-order valence-corrected chi connectivity index (χ0v) is 18.3. The smallest absolute Gasteiger partial charge is 0.354 e. The monoisotopic (exact) mass is 429 g/mol. The summed E-state index contributed by atoms with van der Waals surface area (Å²) in [5.74, 6) is -2.43. The molecule has 31 heavy (non-hydrogen) atoms. The van der Waals surface area contributed by atoms with E-state index < -0.39 is 29.5 Å². The molecule has 0 aromatic carbocycles. The number of hydrogen-bond donors (Lipinski definition) is 2. The van der Waals surface area contributed by atoms with E-state index in [1.165, 1.54) is 23.2 Å². The lowest BCUT2D eigenvalue weighted by Gasteiger charge is -2.26. The Morgan fingerprint density at radius 2 is 2.03 bits per heavy atom. The fourth-order valence-electron chi connectivity index (χ4n) is 3.98. The molecule has 0 aliphatic carbocycles. The molecule has 1 atom stereocenters. The Balaban J connectivity index is 2.12. The Kier molecular flexibility index (Phi) is 6.35. The number of aromatic amines is 1. The average molecular weight is 429 g/mol. The molecule has 1 aliphatic heterocycles. The van der Waals surface area contributed by atoms with E-state index in [-0.39, 0.29) is 16.8 Å². The predicted molar refractivity (Wildman–Crippen MR) is 109 cm³/mol. The SMILES string of the molecule is COC(=O)c1[nH]c(C)c(C([O-])=C2C(=O)C(=O)N(CCC[NH+](C)C)C2c2ccco2)c1C. The molecule has 0 spiro atoms. The number of carbonyl (C=O) groups is 3. The van der Waals surface area contributed by atoms with Crippen LogP contribution in [0.1, 0.15) is 45.5 Å². The molecule has 9 heteroatoms. The Morgan fingerprint density at radius 3 is 2.61 bits per heavy atom. The minimum Gasteiger partial charge on any atom is -0.872 e. The Hall–Kier alpha value is -3.33. The fourth-order valence-corrected chi connectivity index (χ4v) is 3.98. The Morgan fingerprint density at radius 1 is 1.32 bits per heavy atom. The molecule has 3 rings (SSSR count). The van der Waals surface area contributed by atoms with Crippen LogP contribution in [0.4, 0.5) is 0 Å². The third-order valence-corrected chi connectivity index (χ3v) is 5.47. The van der Waals surface area contributed by atoms with E-state index in [1.54, 1.807) is 26.0 Å². The number of ketones is 1. The highest BCUT2D eigenvalue weighted by Crippen LogP contribution is 2.40. The summed E-state index contributed by atoms with van der Waals surface area (Å²) in [7, 11) is 5.24. The standard InChI is InChI=1S/C22H27N3O6/c1-12-15(13(2)23-17(12)22(29)30-5)19(26)16-18(14-8-6-11-31-14)25(21(28)20(16)27)10-7-9-24(3)4/h6,8,11,18,23,26H,7,9-10H2,1-5H3. The zero-order valence-electron chi connectivity index (χ0n) is 18.3. The van der Waals surface area contributed by atoms with E-state index in [1.807, 2.05) is 14.1 Å². The number of H-pyrrole nitrogens is 1. The highest BCUT2D eigenvalue weighted by Gasteiger charge is 2.45. The van der Waals surface area contributed by atoms with Gasteiger partial charge in [0, 0.05) is 24.2 Å². The lowest BCUT2D eigenvalue weighted by molar-refractivity contribution is -0.858. The van der Waals surface area contributed by atoms with Crippen molar-refractivity contribution in [3.8, 4) is 0 Å². The van der Waals surface area contributed by atoms with Crippen molar-refractivity contribution in [2.45, 2.75) is 26.3 Å². The Labute approximate surface area is 180 Å². The van der Waals surface area contributed by atoms with Gasteiger partial charge in [-0.1, -0.05) is 5.76 Å². The van der Waals surface area contributed by atoms with Crippen LogP contribution in [0.3, 0.4) is 0 Å². The van der Waals surface area contributed by atoms with Crippen LogP contribution in [0, 0.1) is 13.8 Å². The normalized spacial score (nSPS) is 18.3. The number of nitrogens with one attached hydrogen (secondary N) is 2. The fraction of sp³-hybridized carbons (Fsp3) is 0.409. The molecular formula is C22H27N3O6. The van der Waals surface area contributed by atoms with Gasteiger partial charge in [-0.15, -0.1) is 0 Å². The van der Waals surface area contributed by atoms with Crippen molar-refractivity contribution >= 4 is 23.4 Å². The molecule has 9 nitrogen and oxygen atoms in total. The second-order valence-corrected chi connectivity index (χ2v) is 7.92. The minimum absolute atomic E-state index is 0.140. The zero-order chi connectivity index (χ0) is 22.9. The lowest BCUT2D eigenvalue weighted by Crippen LogP contribution is -3.05. The summed E-state index contributed by atoms with van der Waals surface area (Å²) >= 11 is 0. The second-order valence-electron chi connectivity index (χ2n) is 7.92. The number of quaternary nitrogens is 1. The van der Waals surface area contributed by atoms with Gasteiger partial charge in [-0.25, -0.2) is 4.79 Å². The molecule has 1 amide bonds. The van der Waals surface area contributed by atoms with Gasteiger partial charge in [0.15, 0.2) is 0 Å². The number of ether oxygens (including phenoxy) is 1. The van der Waals surface area contributed by atoms with Crippen LogP contribution < -0.4 is 10.0 Å². The van der Waals surface area contributed by atoms with Crippen LogP contribution >= 0.6 is 0 Å². The van der Waals surface area contributed by atoms with Gasteiger partial charge in [-0.2, -0.15) is 0 Å². The molecule has 1 aliphatic rings. The topological polar surface area (TPSA) is 120 Å². The van der Waals surface area contributed by atoms with Crippen LogP contribution in [-0.2, 0) is 14.3 Å². The quantitative estimate of drug-likeness (QED) is 0.272. The van der Waals surface area contributed by atoms with Gasteiger partial charge in [-0.05, 0) is 37.1 Å². The molecular weight excluding hydrogens is 402 g/mol. The molecule has 1 saturated heterocycles. The molecule has 2 N–H and O–H groups in total. The number of nitrogens with zero attached hydrogens (tertiary/aromatic N) is 1. The maximum atomic E-state index is 13.5. The van der Waals surface area contributed by atoms with E-state index in [2.05, 4.69) is 4.98 Å². The number of furan rings is 1. The van der Waals surface area contributed by atoms with Gasteiger partial charge in [0.05, 0.1) is 34.0 Å². The molecule has 1 unspecified atom stereocenters. The van der Waals surface area contributed by atoms with E-state index in [4.69, 9.17) is 9.15 Å². The van der Waals surface area contributed by atoms with Crippen molar-refractivity contribution in [1.29, 1.82) is 0 Å². The van der Waals surface area contributed by atoms with E-state index in [9.17, 15) is 19.5 Å². The van der Waals surface area contributed by atoms with Crippen LogP contribution in [0.2, 0.25) is 0 Å². The first-order valence-electron chi connectivity index (χ1n) is 10.1. The number of hydrogen-bond acceptors (Lipinski definition) is 6. The van der Waals surface area contributed by atoms with Crippen molar-refractivity contribution in [3.05, 3.63) is 52.2 Å². The lowest BCUT2D eigenvalue weighted by atomic mass is 9.97. The van der Waals surface area contributed by atoms with Crippen LogP contribution in [0.5, 0.6) is 0 Å². The van der Waals surface area contributed by atoms with Crippen LogP contribution in [0.25, 0.3) is 5.76 Å². The molecule has 2 aromatic rings. The molecule has 0 saturated carbocycles. The Bertz CT molecular complexity index is 1030. The van der Waals surface area contributed by atoms with Crippen molar-refractivity contribution in [3.63, 3.8) is 0 Å². The first-order chi connectivity index (χ1) is 14.7. The third-order valence-electron chi connectivity index (χ3n) is 5.47. The summed E-state index contributed by atoms with van der Waals surface area (Å²) < 4.78 is 10.3. The van der Waals surface area contributed by atoms with Crippen LogP contribution in [-0.4, -0.2) is 61.8 Å². The summed E-state index contributed by atoms with van der Waals surface area (Å²) in [6.07, 6.45) is 2.10. The van der Waals surface area contributed by atoms with E-state index in [0.717, 1.165) is 6.54 Å². The summed E-state index contributed by atoms with van der Waals surface area (Å²) in [5.41, 5.74) is 0.950. The number of methoxy groups -OCH3 is 1. The predicted octanol–water partition coefficient (Wildman–Crippen LogP) is -0.230. The van der Waals surface area contributed by atoms with E-state index in [0.29, 0.717) is 30.0 Å².